The second-order valence-corrected chi connectivity index (χ2v) is 6.79. The Morgan fingerprint density at radius 3 is 2.96 bits per heavy atom. The first kappa shape index (κ1) is 14.3. The van der Waals surface area contributed by atoms with Crippen molar-refractivity contribution in [1.82, 2.24) is 9.78 Å². The van der Waals surface area contributed by atoms with E-state index in [0.29, 0.717) is 18.2 Å². The Morgan fingerprint density at radius 2 is 2.22 bits per heavy atom. The number of hydrogen-bond acceptors (Lipinski definition) is 3. The molecule has 0 bridgehead atoms. The predicted molar refractivity (Wildman–Crippen MR) is 87.5 cm³/mol. The van der Waals surface area contributed by atoms with Gasteiger partial charge in [-0.15, -0.1) is 0 Å². The molecule has 0 radical (unpaired) electrons. The second kappa shape index (κ2) is 5.11. The highest BCUT2D eigenvalue weighted by molar-refractivity contribution is 6.00. The lowest BCUT2D eigenvalue weighted by Crippen LogP contribution is -2.37. The van der Waals surface area contributed by atoms with E-state index in [-0.39, 0.29) is 23.5 Å². The van der Waals surface area contributed by atoms with Crippen molar-refractivity contribution in [1.29, 1.82) is 0 Å². The van der Waals surface area contributed by atoms with Gasteiger partial charge < -0.3 is 10.0 Å². The third-order valence-corrected chi connectivity index (χ3v) is 5.16. The van der Waals surface area contributed by atoms with Crippen molar-refractivity contribution < 1.29 is 9.90 Å². The summed E-state index contributed by atoms with van der Waals surface area (Å²) in [5, 5.41) is 14.5. The van der Waals surface area contributed by atoms with Gasteiger partial charge >= 0.3 is 0 Å². The average molecular weight is 311 g/mol. The number of phenols is 1. The number of fused-ring (bicyclic) bond motifs is 1. The lowest BCUT2D eigenvalue weighted by atomic mass is 9.90. The highest BCUT2D eigenvalue weighted by Gasteiger charge is 2.47. The lowest BCUT2D eigenvalue weighted by Gasteiger charge is -2.33. The number of amides is 1. The van der Waals surface area contributed by atoms with Crippen LogP contribution in [-0.4, -0.2) is 27.3 Å². The van der Waals surface area contributed by atoms with Crippen molar-refractivity contribution in [2.24, 2.45) is 13.0 Å². The number of benzene rings is 1. The van der Waals surface area contributed by atoms with Gasteiger partial charge in [-0.3, -0.25) is 9.48 Å². The standard InChI is InChI=1S/C18H21N3O2/c1-11-6-7-21(17-13(11)4-3-5-16(17)22)18(23)15-8-14(15)12-9-19-20(2)10-12/h3-5,9-11,14-15,22H,6-8H2,1-2H3/t11?,14-,15+/m0/s1. The fraction of sp³-hybridized carbons (Fsp3) is 0.444. The molecule has 1 aliphatic heterocycles. The van der Waals surface area contributed by atoms with E-state index < -0.39 is 0 Å². The first-order valence-corrected chi connectivity index (χ1v) is 8.18. The summed E-state index contributed by atoms with van der Waals surface area (Å²) in [5.41, 5.74) is 2.92. The summed E-state index contributed by atoms with van der Waals surface area (Å²) in [7, 11) is 1.89. The average Bonchev–Trinajstić information content (AvgIpc) is 3.22. The largest absolute Gasteiger partial charge is 0.506 e. The number of aromatic hydroxyl groups is 1. The minimum absolute atomic E-state index is 0.0139. The summed E-state index contributed by atoms with van der Waals surface area (Å²) >= 11 is 0. The quantitative estimate of drug-likeness (QED) is 0.928. The Balaban J connectivity index is 1.60. The van der Waals surface area contributed by atoms with Crippen LogP contribution in [0.25, 0.3) is 0 Å². The maximum atomic E-state index is 13.0. The zero-order valence-electron chi connectivity index (χ0n) is 13.4. The zero-order chi connectivity index (χ0) is 16.1. The topological polar surface area (TPSA) is 58.4 Å². The summed E-state index contributed by atoms with van der Waals surface area (Å²) < 4.78 is 1.78. The molecule has 1 amide bonds. The Bertz CT molecular complexity index is 767. The van der Waals surface area contributed by atoms with Gasteiger partial charge in [0.05, 0.1) is 11.9 Å². The molecule has 2 heterocycles. The van der Waals surface area contributed by atoms with Crippen molar-refractivity contribution in [3.05, 3.63) is 41.7 Å². The van der Waals surface area contributed by atoms with Crippen molar-refractivity contribution in [2.45, 2.75) is 31.6 Å². The van der Waals surface area contributed by atoms with Crippen molar-refractivity contribution in [3.63, 3.8) is 0 Å². The highest BCUT2D eigenvalue weighted by Crippen LogP contribution is 2.50. The molecule has 1 saturated carbocycles. The number of hydrogen-bond donors (Lipinski definition) is 1. The van der Waals surface area contributed by atoms with E-state index in [0.717, 1.165) is 24.0 Å². The van der Waals surface area contributed by atoms with E-state index in [1.807, 2.05) is 31.6 Å². The van der Waals surface area contributed by atoms with E-state index in [1.165, 1.54) is 0 Å². The number of para-hydroxylation sites is 1. The van der Waals surface area contributed by atoms with Gasteiger partial charge in [-0.1, -0.05) is 19.1 Å². The Labute approximate surface area is 135 Å². The number of aromatic nitrogens is 2. The lowest BCUT2D eigenvalue weighted by molar-refractivity contribution is -0.120. The number of rotatable bonds is 2. The molecule has 23 heavy (non-hydrogen) atoms. The van der Waals surface area contributed by atoms with E-state index in [1.54, 1.807) is 15.6 Å². The number of phenolic OH excluding ortho intramolecular Hbond substituents is 1. The molecular weight excluding hydrogens is 290 g/mol. The normalized spacial score (nSPS) is 26.0. The van der Waals surface area contributed by atoms with Gasteiger partial charge in [-0.05, 0) is 41.9 Å². The monoisotopic (exact) mass is 311 g/mol. The van der Waals surface area contributed by atoms with Crippen LogP contribution in [0, 0.1) is 5.92 Å². The number of carbonyl (C=O) groups is 1. The van der Waals surface area contributed by atoms with Crippen LogP contribution in [0.4, 0.5) is 5.69 Å². The third kappa shape index (κ3) is 2.31. The minimum Gasteiger partial charge on any atom is -0.506 e. The number of carbonyl (C=O) groups excluding carboxylic acids is 1. The molecule has 120 valence electrons. The summed E-state index contributed by atoms with van der Waals surface area (Å²) in [6.45, 7) is 2.83. The molecule has 1 unspecified atom stereocenters. The Morgan fingerprint density at radius 1 is 1.39 bits per heavy atom. The maximum absolute atomic E-state index is 13.0. The molecule has 1 N–H and O–H groups in total. The molecule has 3 atom stereocenters. The number of anilines is 1. The third-order valence-electron chi connectivity index (χ3n) is 5.16. The molecule has 1 aliphatic carbocycles. The van der Waals surface area contributed by atoms with Crippen molar-refractivity contribution >= 4 is 11.6 Å². The van der Waals surface area contributed by atoms with E-state index in [2.05, 4.69) is 12.0 Å². The van der Waals surface area contributed by atoms with Crippen molar-refractivity contribution in [3.8, 4) is 5.75 Å². The summed E-state index contributed by atoms with van der Waals surface area (Å²) in [6, 6.07) is 5.54. The van der Waals surface area contributed by atoms with Crippen LogP contribution in [0.3, 0.4) is 0 Å². The molecule has 2 aromatic rings. The molecular formula is C18H21N3O2. The van der Waals surface area contributed by atoms with Gasteiger partial charge in [0, 0.05) is 25.7 Å². The van der Waals surface area contributed by atoms with Crippen LogP contribution >= 0.6 is 0 Å². The van der Waals surface area contributed by atoms with E-state index in [9.17, 15) is 9.90 Å². The zero-order valence-corrected chi connectivity index (χ0v) is 13.4. The SMILES string of the molecule is CC1CCN(C(=O)[C@@H]2C[C@H]2c2cnn(C)c2)c2c(O)cccc21. The molecule has 5 nitrogen and oxygen atoms in total. The van der Waals surface area contributed by atoms with Gasteiger partial charge in [-0.2, -0.15) is 5.10 Å². The first-order valence-electron chi connectivity index (χ1n) is 8.18. The highest BCUT2D eigenvalue weighted by atomic mass is 16.3. The smallest absolute Gasteiger partial charge is 0.230 e. The summed E-state index contributed by atoms with van der Waals surface area (Å²) in [6.07, 6.45) is 5.65. The Kier molecular flexibility index (Phi) is 3.18. The molecule has 1 aromatic heterocycles. The minimum atomic E-state index is 0.0139. The summed E-state index contributed by atoms with van der Waals surface area (Å²) in [5.74, 6) is 0.994. The fourth-order valence-corrected chi connectivity index (χ4v) is 3.72. The molecule has 5 heteroatoms. The molecule has 2 aliphatic rings. The fourth-order valence-electron chi connectivity index (χ4n) is 3.72. The van der Waals surface area contributed by atoms with E-state index >= 15 is 0 Å². The van der Waals surface area contributed by atoms with Gasteiger partial charge in [0.1, 0.15) is 5.75 Å². The van der Waals surface area contributed by atoms with Gasteiger partial charge in [-0.25, -0.2) is 0 Å². The maximum Gasteiger partial charge on any atom is 0.230 e. The molecule has 1 aromatic carbocycles. The predicted octanol–water partition coefficient (Wildman–Crippen LogP) is 2.77. The van der Waals surface area contributed by atoms with Crippen LogP contribution in [0.1, 0.15) is 42.7 Å². The summed E-state index contributed by atoms with van der Waals surface area (Å²) in [4.78, 5) is 14.8. The van der Waals surface area contributed by atoms with Crippen molar-refractivity contribution in [2.75, 3.05) is 11.4 Å². The second-order valence-electron chi connectivity index (χ2n) is 6.79. The van der Waals surface area contributed by atoms with E-state index in [4.69, 9.17) is 0 Å². The van der Waals surface area contributed by atoms with Crippen LogP contribution in [-0.2, 0) is 11.8 Å². The number of aryl methyl sites for hydroxylation is 1. The van der Waals surface area contributed by atoms with Gasteiger partial charge in [0.2, 0.25) is 5.91 Å². The molecule has 1 fully saturated rings. The van der Waals surface area contributed by atoms with Crippen LogP contribution in [0.2, 0.25) is 0 Å². The Hall–Kier alpha value is -2.30. The van der Waals surface area contributed by atoms with Gasteiger partial charge in [0.25, 0.3) is 0 Å². The molecule has 4 rings (SSSR count). The van der Waals surface area contributed by atoms with Gasteiger partial charge in [0.15, 0.2) is 0 Å². The van der Waals surface area contributed by atoms with Crippen LogP contribution < -0.4 is 4.90 Å². The molecule has 0 saturated heterocycles. The molecule has 0 spiro atoms. The first-order chi connectivity index (χ1) is 11.1. The van der Waals surface area contributed by atoms with Crippen LogP contribution in [0.5, 0.6) is 5.75 Å². The van der Waals surface area contributed by atoms with Crippen LogP contribution in [0.15, 0.2) is 30.6 Å². The number of nitrogens with zero attached hydrogens (tertiary/aromatic N) is 3.